The predicted octanol–water partition coefficient (Wildman–Crippen LogP) is 6.35. The molecule has 0 aliphatic carbocycles. The van der Waals surface area contributed by atoms with Gasteiger partial charge in [-0.05, 0) is 47.5 Å². The molecule has 0 radical (unpaired) electrons. The van der Waals surface area contributed by atoms with Crippen LogP contribution in [0.15, 0.2) is 71.9 Å². The van der Waals surface area contributed by atoms with Crippen LogP contribution in [0.5, 0.6) is 0 Å². The Balaban J connectivity index is 1.57. The van der Waals surface area contributed by atoms with Crippen molar-refractivity contribution in [2.24, 2.45) is 0 Å². The lowest BCUT2D eigenvalue weighted by Gasteiger charge is -2.40. The van der Waals surface area contributed by atoms with E-state index in [2.05, 4.69) is 20.2 Å². The first-order valence-electron chi connectivity index (χ1n) is 9.74. The van der Waals surface area contributed by atoms with Crippen LogP contribution < -0.4 is 10.6 Å². The van der Waals surface area contributed by atoms with Crippen LogP contribution in [0.2, 0.25) is 0 Å². The van der Waals surface area contributed by atoms with Crippen LogP contribution in [0, 0.1) is 0 Å². The fourth-order valence-electron chi connectivity index (χ4n) is 3.61. The molecule has 3 aromatic heterocycles. The fraction of sp³-hybridized carbons (Fsp3) is 0.0476. The number of fused-ring (bicyclic) bond motifs is 3. The second kappa shape index (κ2) is 6.53. The van der Waals surface area contributed by atoms with Crippen molar-refractivity contribution in [3.05, 3.63) is 67.0 Å². The molecule has 5 aromatic rings. The first-order valence-corrected chi connectivity index (χ1v) is 11.7. The number of pyridine rings is 1. The van der Waals surface area contributed by atoms with Crippen molar-refractivity contribution in [3.63, 3.8) is 0 Å². The SMILES string of the molecule is CN(c1cccc(-c2ccc(S(F)(F)(F)(F)F)cc2)c1)c1nc2nncn2c2nc(N)ccc12. The van der Waals surface area contributed by atoms with E-state index in [1.165, 1.54) is 6.33 Å². The van der Waals surface area contributed by atoms with Crippen LogP contribution in [0.3, 0.4) is 0 Å². The summed E-state index contributed by atoms with van der Waals surface area (Å²) in [7, 11) is -7.98. The Labute approximate surface area is 189 Å². The van der Waals surface area contributed by atoms with Gasteiger partial charge in [-0.25, -0.2) is 9.38 Å². The molecule has 0 saturated carbocycles. The molecule has 0 spiro atoms. The molecule has 176 valence electrons. The second-order valence-corrected chi connectivity index (χ2v) is 10.1. The van der Waals surface area contributed by atoms with E-state index in [0.717, 1.165) is 12.1 Å². The van der Waals surface area contributed by atoms with Crippen molar-refractivity contribution in [1.82, 2.24) is 24.6 Å². The third kappa shape index (κ3) is 3.83. The summed E-state index contributed by atoms with van der Waals surface area (Å²) in [6.07, 6.45) is 1.47. The molecule has 34 heavy (non-hydrogen) atoms. The van der Waals surface area contributed by atoms with E-state index in [-0.39, 0.29) is 0 Å². The second-order valence-electron chi connectivity index (χ2n) is 7.65. The molecule has 5 rings (SSSR count). The summed E-state index contributed by atoms with van der Waals surface area (Å²) in [6, 6.07) is 13.1. The lowest BCUT2D eigenvalue weighted by atomic mass is 10.0. The molecule has 0 fully saturated rings. The molecule has 0 unspecified atom stereocenters. The molecule has 13 heteroatoms. The van der Waals surface area contributed by atoms with Gasteiger partial charge in [0.15, 0.2) is 5.65 Å². The number of aromatic nitrogens is 5. The number of rotatable bonds is 4. The molecule has 0 aliphatic rings. The third-order valence-electron chi connectivity index (χ3n) is 5.29. The van der Waals surface area contributed by atoms with Crippen LogP contribution in [-0.2, 0) is 0 Å². The normalized spacial score (nSPS) is 14.2. The smallest absolute Gasteiger partial charge is 0.310 e. The zero-order valence-electron chi connectivity index (χ0n) is 17.4. The number of benzene rings is 2. The highest BCUT2D eigenvalue weighted by molar-refractivity contribution is 8.45. The van der Waals surface area contributed by atoms with E-state index in [9.17, 15) is 19.4 Å². The Hall–Kier alpha value is -4.00. The number of halogens is 5. The quantitative estimate of drug-likeness (QED) is 0.294. The van der Waals surface area contributed by atoms with Gasteiger partial charge >= 0.3 is 10.2 Å². The van der Waals surface area contributed by atoms with Gasteiger partial charge in [-0.2, -0.15) is 4.98 Å². The number of hydrogen-bond donors (Lipinski definition) is 1. The summed E-state index contributed by atoms with van der Waals surface area (Å²) < 4.78 is 66.8. The van der Waals surface area contributed by atoms with Crippen LogP contribution >= 0.6 is 10.2 Å². The maximum absolute atomic E-state index is 13.0. The molecule has 0 bridgehead atoms. The van der Waals surface area contributed by atoms with E-state index >= 15 is 0 Å². The number of anilines is 3. The summed E-state index contributed by atoms with van der Waals surface area (Å²) in [5, 5.41) is 8.51. The number of hydrogen-bond acceptors (Lipinski definition) is 6. The van der Waals surface area contributed by atoms with Crippen molar-refractivity contribution in [3.8, 4) is 11.1 Å². The molecular weight excluding hydrogens is 477 g/mol. The number of nitrogen functional groups attached to an aromatic ring is 1. The van der Waals surface area contributed by atoms with Crippen molar-refractivity contribution in [1.29, 1.82) is 0 Å². The highest BCUT2D eigenvalue weighted by atomic mass is 32.5. The number of nitrogens with two attached hydrogens (primary N) is 1. The summed E-state index contributed by atoms with van der Waals surface area (Å²) in [5.74, 6) is 1.10. The van der Waals surface area contributed by atoms with Crippen LogP contribution in [0.1, 0.15) is 0 Å². The predicted molar refractivity (Wildman–Crippen MR) is 122 cm³/mol. The van der Waals surface area contributed by atoms with Gasteiger partial charge in [0.05, 0.1) is 5.39 Å². The molecule has 0 saturated heterocycles. The monoisotopic (exact) mass is 493 g/mol. The van der Waals surface area contributed by atoms with Crippen LogP contribution in [0.25, 0.3) is 27.9 Å². The molecule has 0 atom stereocenters. The zero-order valence-corrected chi connectivity index (χ0v) is 18.2. The average molecular weight is 493 g/mol. The van der Waals surface area contributed by atoms with E-state index in [1.54, 1.807) is 52.7 Å². The largest absolute Gasteiger partial charge is 0.384 e. The van der Waals surface area contributed by atoms with Crippen molar-refractivity contribution in [2.45, 2.75) is 4.90 Å². The molecule has 7 nitrogen and oxygen atoms in total. The molecule has 3 heterocycles. The van der Waals surface area contributed by atoms with E-state index < -0.39 is 15.1 Å². The average Bonchev–Trinajstić information content (AvgIpc) is 3.26. The number of nitrogens with zero attached hydrogens (tertiary/aromatic N) is 6. The maximum atomic E-state index is 13.0. The fourth-order valence-corrected chi connectivity index (χ4v) is 4.26. The van der Waals surface area contributed by atoms with Crippen molar-refractivity contribution >= 4 is 44.4 Å². The zero-order chi connectivity index (χ0) is 24.4. The summed E-state index contributed by atoms with van der Waals surface area (Å²) in [5.41, 5.74) is 7.87. The molecule has 0 amide bonds. The Kier molecular flexibility index (Phi) is 4.19. The minimum Gasteiger partial charge on any atom is -0.384 e. The van der Waals surface area contributed by atoms with Crippen LogP contribution in [0.4, 0.5) is 36.8 Å². The first kappa shape index (κ1) is 21.8. The summed E-state index contributed by atoms with van der Waals surface area (Å²) in [6.45, 7) is 0. The van der Waals surface area contributed by atoms with Gasteiger partial charge in [0.25, 0.3) is 5.78 Å². The van der Waals surface area contributed by atoms with Gasteiger partial charge in [-0.3, -0.25) is 0 Å². The van der Waals surface area contributed by atoms with Crippen molar-refractivity contribution in [2.75, 3.05) is 17.7 Å². The minimum atomic E-state index is -9.73. The van der Waals surface area contributed by atoms with E-state index in [1.807, 2.05) is 0 Å². The third-order valence-corrected chi connectivity index (χ3v) is 6.45. The lowest BCUT2D eigenvalue weighted by molar-refractivity contribution is 0.364. The molecular formula is C21H16F5N7S. The van der Waals surface area contributed by atoms with Gasteiger partial charge in [0, 0.05) is 12.7 Å². The van der Waals surface area contributed by atoms with Gasteiger partial charge in [0.1, 0.15) is 22.9 Å². The highest BCUT2D eigenvalue weighted by Gasteiger charge is 2.65. The highest BCUT2D eigenvalue weighted by Crippen LogP contribution is 3.02. The summed E-state index contributed by atoms with van der Waals surface area (Å²) >= 11 is 0. The molecule has 2 aromatic carbocycles. The standard InChI is InChI=1S/C21H16F5N7S/c1-32(19-17-9-10-18(27)29-20(17)33-12-28-31-21(33)30-19)15-4-2-3-14(11-15)13-5-7-16(8-6-13)34(22,23,24,25)26/h2-12H,1H3,(H2,27,29). The topological polar surface area (TPSA) is 85.2 Å². The Morgan fingerprint density at radius 2 is 1.62 bits per heavy atom. The summed E-state index contributed by atoms with van der Waals surface area (Å²) in [4.78, 5) is 8.74. The van der Waals surface area contributed by atoms with E-state index in [0.29, 0.717) is 57.4 Å². The van der Waals surface area contributed by atoms with Gasteiger partial charge in [-0.1, -0.05) is 43.7 Å². The first-order chi connectivity index (χ1) is 15.8. The molecule has 2 N–H and O–H groups in total. The van der Waals surface area contributed by atoms with Gasteiger partial charge in [-0.15, -0.1) is 10.2 Å². The van der Waals surface area contributed by atoms with Gasteiger partial charge in [0.2, 0.25) is 0 Å². The lowest BCUT2D eigenvalue weighted by Crippen LogP contribution is -2.13. The minimum absolute atomic E-state index is 0.301. The Morgan fingerprint density at radius 3 is 2.32 bits per heavy atom. The maximum Gasteiger partial charge on any atom is 0.310 e. The van der Waals surface area contributed by atoms with Crippen LogP contribution in [-0.4, -0.2) is 31.6 Å². The van der Waals surface area contributed by atoms with Crippen molar-refractivity contribution < 1.29 is 19.4 Å². The van der Waals surface area contributed by atoms with Gasteiger partial charge < -0.3 is 10.6 Å². The Morgan fingerprint density at radius 1 is 0.882 bits per heavy atom. The van der Waals surface area contributed by atoms with E-state index in [4.69, 9.17) is 5.73 Å². The Bertz CT molecular complexity index is 1570. The molecule has 0 aliphatic heterocycles.